The third kappa shape index (κ3) is 2.05. The first kappa shape index (κ1) is 10.6. The maximum atomic E-state index is 12.8. The summed E-state index contributed by atoms with van der Waals surface area (Å²) in [4.78, 5) is 14.4. The van der Waals surface area contributed by atoms with Crippen molar-refractivity contribution in [2.75, 3.05) is 0 Å². The number of hydrogen-bond donors (Lipinski definition) is 0. The van der Waals surface area contributed by atoms with Gasteiger partial charge in [-0.3, -0.25) is 4.79 Å². The summed E-state index contributed by atoms with van der Waals surface area (Å²) >= 11 is 0. The number of amides is 1. The highest BCUT2D eigenvalue weighted by atomic mass is 16.2. The highest BCUT2D eigenvalue weighted by molar-refractivity contribution is 6.00. The van der Waals surface area contributed by atoms with E-state index in [-0.39, 0.29) is 11.3 Å². The molecule has 2 rings (SSSR count). The Bertz CT molecular complexity index is 567. The summed E-state index contributed by atoms with van der Waals surface area (Å²) in [7, 11) is 0. The van der Waals surface area contributed by atoms with Crippen molar-refractivity contribution in [3.8, 4) is 0 Å². The van der Waals surface area contributed by atoms with Gasteiger partial charge < -0.3 is 4.90 Å². The third-order valence-corrected chi connectivity index (χ3v) is 3.26. The Morgan fingerprint density at radius 2 is 1.83 bits per heavy atom. The Balaban J connectivity index is 2.70. The second-order valence-corrected chi connectivity index (χ2v) is 6.92. The number of fused-ring (bicyclic) bond motifs is 1. The van der Waals surface area contributed by atoms with Crippen LogP contribution in [0, 0.1) is 0 Å². The van der Waals surface area contributed by atoms with Crippen molar-refractivity contribution >= 4 is 5.91 Å². The molecule has 0 bridgehead atoms. The van der Waals surface area contributed by atoms with E-state index < -0.39 is 12.1 Å². The highest BCUT2D eigenvalue weighted by Crippen LogP contribution is 2.35. The van der Waals surface area contributed by atoms with Gasteiger partial charge in [0.15, 0.2) is 0 Å². The molecule has 0 N–H and O–H groups in total. The SMILES string of the molecule is [2H]c1cc2c(c(C(C)(C)C)c1)C(=O)N(C(C)(C)C)C2[2H]. The average molecular weight is 247 g/mol. The molecule has 2 nitrogen and oxygen atoms in total. The predicted molar refractivity (Wildman–Crippen MR) is 74.8 cm³/mol. The lowest BCUT2D eigenvalue weighted by Crippen LogP contribution is -2.41. The number of rotatable bonds is 0. The van der Waals surface area contributed by atoms with Crippen LogP contribution in [0.15, 0.2) is 18.2 Å². The lowest BCUT2D eigenvalue weighted by atomic mass is 9.82. The van der Waals surface area contributed by atoms with Gasteiger partial charge in [0, 0.05) is 17.6 Å². The maximum Gasteiger partial charge on any atom is 0.255 e. The van der Waals surface area contributed by atoms with Gasteiger partial charge in [0.1, 0.15) is 0 Å². The molecule has 1 heterocycles. The molecule has 98 valence electrons. The molecule has 0 saturated heterocycles. The summed E-state index contributed by atoms with van der Waals surface area (Å²) in [6, 6.07) is 3.79. The predicted octanol–water partition coefficient (Wildman–Crippen LogP) is 3.74. The largest absolute Gasteiger partial charge is 0.329 e. The maximum absolute atomic E-state index is 12.8. The number of carbonyl (C=O) groups is 1. The van der Waals surface area contributed by atoms with Crippen molar-refractivity contribution in [3.63, 3.8) is 0 Å². The van der Waals surface area contributed by atoms with Crippen LogP contribution in [-0.4, -0.2) is 16.3 Å². The van der Waals surface area contributed by atoms with Crippen molar-refractivity contribution in [2.45, 2.75) is 59.0 Å². The minimum atomic E-state index is -0.719. The van der Waals surface area contributed by atoms with Crippen molar-refractivity contribution in [2.24, 2.45) is 0 Å². The topological polar surface area (TPSA) is 20.3 Å². The van der Waals surface area contributed by atoms with Crippen molar-refractivity contribution < 1.29 is 7.54 Å². The van der Waals surface area contributed by atoms with Crippen LogP contribution in [-0.2, 0) is 11.9 Å². The third-order valence-electron chi connectivity index (χ3n) is 3.26. The normalized spacial score (nSPS) is 21.8. The van der Waals surface area contributed by atoms with Gasteiger partial charge in [0.05, 0.1) is 2.74 Å². The van der Waals surface area contributed by atoms with Gasteiger partial charge in [-0.2, -0.15) is 0 Å². The lowest BCUT2D eigenvalue weighted by molar-refractivity contribution is 0.0608. The van der Waals surface area contributed by atoms with E-state index >= 15 is 0 Å². The fourth-order valence-electron chi connectivity index (χ4n) is 2.26. The molecular formula is C16H23NO. The van der Waals surface area contributed by atoms with Crippen molar-refractivity contribution in [1.82, 2.24) is 4.90 Å². The van der Waals surface area contributed by atoms with Crippen LogP contribution in [0.25, 0.3) is 0 Å². The molecule has 0 spiro atoms. The fraction of sp³-hybridized carbons (Fsp3) is 0.562. The number of carbonyl (C=O) groups excluding carboxylic acids is 1. The van der Waals surface area contributed by atoms with Gasteiger partial charge in [0.25, 0.3) is 5.91 Å². The molecule has 1 amide bonds. The number of hydrogen-bond acceptors (Lipinski definition) is 1. The van der Waals surface area contributed by atoms with Gasteiger partial charge in [-0.1, -0.05) is 38.9 Å². The van der Waals surface area contributed by atoms with E-state index in [1.165, 1.54) is 0 Å². The van der Waals surface area contributed by atoms with Gasteiger partial charge in [-0.15, -0.1) is 0 Å². The molecule has 2 heteroatoms. The minimum absolute atomic E-state index is 0.0857. The summed E-state index contributed by atoms with van der Waals surface area (Å²) in [5, 5.41) is 0. The monoisotopic (exact) mass is 247 g/mol. The minimum Gasteiger partial charge on any atom is -0.329 e. The standard InChI is InChI=1S/C16H23NO/c1-15(2,3)12-9-7-8-11-10-17(16(4,5)6)14(18)13(11)12/h7-9H,10H2,1-6H3/i7D,10D. The average Bonchev–Trinajstić information content (AvgIpc) is 2.48. The summed E-state index contributed by atoms with van der Waals surface area (Å²) in [5.74, 6) is -0.0857. The van der Waals surface area contributed by atoms with Gasteiger partial charge >= 0.3 is 0 Å². The molecule has 0 aromatic heterocycles. The zero-order valence-corrected chi connectivity index (χ0v) is 12.1. The molecule has 0 aliphatic carbocycles. The Morgan fingerprint density at radius 3 is 2.33 bits per heavy atom. The zero-order valence-electron chi connectivity index (χ0n) is 14.1. The Morgan fingerprint density at radius 1 is 1.22 bits per heavy atom. The van der Waals surface area contributed by atoms with Gasteiger partial charge in [-0.25, -0.2) is 0 Å². The summed E-state index contributed by atoms with van der Waals surface area (Å²) in [6.07, 6.45) is 0. The zero-order chi connectivity index (χ0) is 15.5. The van der Waals surface area contributed by atoms with Crippen molar-refractivity contribution in [1.29, 1.82) is 0 Å². The van der Waals surface area contributed by atoms with Crippen LogP contribution >= 0.6 is 0 Å². The van der Waals surface area contributed by atoms with E-state index in [0.29, 0.717) is 17.2 Å². The quantitative estimate of drug-likeness (QED) is 0.684. The van der Waals surface area contributed by atoms with Crippen LogP contribution in [0.2, 0.25) is 0 Å². The molecule has 1 aromatic carbocycles. The first-order chi connectivity index (χ1) is 8.94. The van der Waals surface area contributed by atoms with Crippen LogP contribution < -0.4 is 0 Å². The van der Waals surface area contributed by atoms with E-state index in [1.54, 1.807) is 17.0 Å². The Hall–Kier alpha value is -1.31. The van der Waals surface area contributed by atoms with Crippen LogP contribution in [0.5, 0.6) is 0 Å². The van der Waals surface area contributed by atoms with Crippen LogP contribution in [0.4, 0.5) is 0 Å². The smallest absolute Gasteiger partial charge is 0.255 e. The van der Waals surface area contributed by atoms with E-state index in [4.69, 9.17) is 2.74 Å². The second-order valence-electron chi connectivity index (χ2n) is 6.92. The Kier molecular flexibility index (Phi) is 2.26. The number of benzene rings is 1. The molecule has 1 atom stereocenters. The van der Waals surface area contributed by atoms with Crippen LogP contribution in [0.3, 0.4) is 0 Å². The fourth-order valence-corrected chi connectivity index (χ4v) is 2.26. The van der Waals surface area contributed by atoms with E-state index in [1.807, 2.05) is 41.5 Å². The lowest BCUT2D eigenvalue weighted by Gasteiger charge is -2.32. The molecule has 1 aliphatic heterocycles. The van der Waals surface area contributed by atoms with Crippen LogP contribution in [0.1, 0.15) is 65.8 Å². The second kappa shape index (κ2) is 3.84. The molecule has 1 unspecified atom stereocenters. The first-order valence-corrected chi connectivity index (χ1v) is 6.35. The highest BCUT2D eigenvalue weighted by Gasteiger charge is 2.37. The molecule has 1 aliphatic rings. The van der Waals surface area contributed by atoms with Gasteiger partial charge in [-0.05, 0) is 37.3 Å². The van der Waals surface area contributed by atoms with Gasteiger partial charge in [0.2, 0.25) is 0 Å². The molecule has 0 saturated carbocycles. The Labute approximate surface area is 113 Å². The molecule has 1 aromatic rings. The van der Waals surface area contributed by atoms with Crippen molar-refractivity contribution in [3.05, 3.63) is 34.9 Å². The van der Waals surface area contributed by atoms with E-state index in [0.717, 1.165) is 5.56 Å². The van der Waals surface area contributed by atoms with E-state index in [9.17, 15) is 4.79 Å². The molecule has 0 fully saturated rings. The van der Waals surface area contributed by atoms with E-state index in [2.05, 4.69) is 0 Å². The summed E-state index contributed by atoms with van der Waals surface area (Å²) in [6.45, 7) is 11.2. The number of nitrogens with zero attached hydrogens (tertiary/aromatic N) is 1. The first-order valence-electron chi connectivity index (χ1n) is 7.43. The summed E-state index contributed by atoms with van der Waals surface area (Å²) < 4.78 is 16.3. The molecular weight excluding hydrogens is 222 g/mol. The summed E-state index contributed by atoms with van der Waals surface area (Å²) in [5.41, 5.74) is 1.55. The molecule has 0 radical (unpaired) electrons. The molecule has 18 heavy (non-hydrogen) atoms.